The van der Waals surface area contributed by atoms with Crippen molar-refractivity contribution in [1.82, 2.24) is 14.5 Å². The lowest BCUT2D eigenvalue weighted by Crippen LogP contribution is -2.59. The Morgan fingerprint density at radius 2 is 1.78 bits per heavy atom. The van der Waals surface area contributed by atoms with Crippen LogP contribution in [0.15, 0.2) is 9.90 Å². The molecule has 1 aromatic rings. The highest BCUT2D eigenvalue weighted by Gasteiger charge is 2.56. The van der Waals surface area contributed by atoms with Crippen LogP contribution in [0, 0.1) is 27.9 Å². The van der Waals surface area contributed by atoms with Gasteiger partial charge in [-0.1, -0.05) is 0 Å². The number of rotatable bonds is 2. The minimum atomic E-state index is -0.842. The Kier molecular flexibility index (Phi) is 2.43. The van der Waals surface area contributed by atoms with E-state index in [1.807, 2.05) is 5.01 Å². The molecule has 4 fully saturated rings. The molecule has 0 radical (unpaired) electrons. The zero-order valence-corrected chi connectivity index (χ0v) is 12.7. The summed E-state index contributed by atoms with van der Waals surface area (Å²) in [6.07, 6.45) is 8.70. The molecule has 4 aliphatic carbocycles. The lowest BCUT2D eigenvalue weighted by atomic mass is 9.53. The van der Waals surface area contributed by atoms with E-state index in [1.165, 1.54) is 23.9 Å². The van der Waals surface area contributed by atoms with Gasteiger partial charge in [0, 0.05) is 0 Å². The van der Waals surface area contributed by atoms with E-state index in [0.29, 0.717) is 10.7 Å². The average Bonchev–Trinajstić information content (AvgIpc) is 2.81. The molecule has 0 spiro atoms. The Hall–Kier alpha value is -2.19. The maximum atomic E-state index is 11.9. The molecule has 4 bridgehead atoms. The highest BCUT2D eigenvalue weighted by atomic mass is 16.7. The van der Waals surface area contributed by atoms with Gasteiger partial charge in [0.15, 0.2) is 6.54 Å². The van der Waals surface area contributed by atoms with Gasteiger partial charge in [0.1, 0.15) is 0 Å². The van der Waals surface area contributed by atoms with Crippen LogP contribution in [0.5, 0.6) is 0 Å². The molecule has 0 saturated heterocycles. The molecule has 0 atom stereocenters. The van der Waals surface area contributed by atoms with Crippen LogP contribution >= 0.6 is 0 Å². The van der Waals surface area contributed by atoms with Gasteiger partial charge in [-0.3, -0.25) is 0 Å². The summed E-state index contributed by atoms with van der Waals surface area (Å²) in [7, 11) is 0. The molecule has 0 unspecified atom stereocenters. The molecule has 1 aliphatic heterocycles. The zero-order valence-electron chi connectivity index (χ0n) is 12.7. The SMILES string of the molecule is O=c1nc2n(n1[N+](=O)[O-])CC=NN2C12CC3CC(CC(C3)C1)C2. The molecule has 5 aliphatic rings. The first-order valence-electron chi connectivity index (χ1n) is 8.23. The van der Waals surface area contributed by atoms with Gasteiger partial charge in [-0.15, -0.1) is 9.67 Å². The number of fused-ring (bicyclic) bond motifs is 1. The van der Waals surface area contributed by atoms with Crippen LogP contribution in [-0.2, 0) is 6.54 Å². The Balaban J connectivity index is 1.62. The Bertz CT molecular complexity index is 743. The van der Waals surface area contributed by atoms with Gasteiger partial charge in [0.2, 0.25) is 0 Å². The first-order valence-corrected chi connectivity index (χ1v) is 8.23. The van der Waals surface area contributed by atoms with Gasteiger partial charge in [-0.25, -0.2) is 9.80 Å². The molecule has 1 aromatic heterocycles. The number of hydrazone groups is 1. The molecule has 0 aromatic carbocycles. The van der Waals surface area contributed by atoms with E-state index in [1.54, 1.807) is 6.21 Å². The Morgan fingerprint density at radius 1 is 1.17 bits per heavy atom. The normalized spacial score (nSPS) is 37.2. The number of anilines is 1. The van der Waals surface area contributed by atoms with E-state index in [0.717, 1.165) is 37.0 Å². The number of nitrogens with zero attached hydrogens (tertiary/aromatic N) is 6. The molecule has 0 amide bonds. The second-order valence-electron chi connectivity index (χ2n) is 7.56. The van der Waals surface area contributed by atoms with Crippen molar-refractivity contribution in [3.63, 3.8) is 0 Å². The molecule has 0 N–H and O–H groups in total. The summed E-state index contributed by atoms with van der Waals surface area (Å²) in [6, 6.07) is 0. The van der Waals surface area contributed by atoms with Crippen LogP contribution in [0.2, 0.25) is 0 Å². The fraction of sp³-hybridized carbons (Fsp3) is 0.786. The average molecular weight is 318 g/mol. The third kappa shape index (κ3) is 1.70. The van der Waals surface area contributed by atoms with Crippen LogP contribution in [-0.4, -0.2) is 31.2 Å². The number of hydrogen-bond donors (Lipinski definition) is 0. The van der Waals surface area contributed by atoms with Crippen molar-refractivity contribution in [1.29, 1.82) is 0 Å². The van der Waals surface area contributed by atoms with E-state index in [9.17, 15) is 14.9 Å². The van der Waals surface area contributed by atoms with Gasteiger partial charge in [0.25, 0.3) is 0 Å². The van der Waals surface area contributed by atoms with Crippen molar-refractivity contribution >= 4 is 12.2 Å². The second-order valence-corrected chi connectivity index (χ2v) is 7.56. The standard InChI is InChI=1S/C14H18N6O3/c21-13-16-12-17(19(13)20(22)23)2-1-15-18(12)14-6-9-3-10(7-14)5-11(4-9)8-14/h1,9-11H,2-8H2. The van der Waals surface area contributed by atoms with Gasteiger partial charge in [-0.2, -0.15) is 5.10 Å². The maximum absolute atomic E-state index is 11.9. The molecule has 122 valence electrons. The van der Waals surface area contributed by atoms with E-state index in [2.05, 4.69) is 10.1 Å². The van der Waals surface area contributed by atoms with Crippen LogP contribution < -0.4 is 10.7 Å². The van der Waals surface area contributed by atoms with E-state index in [4.69, 9.17) is 0 Å². The molecular formula is C14H18N6O3. The minimum absolute atomic E-state index is 0.115. The second kappa shape index (κ2) is 4.21. The summed E-state index contributed by atoms with van der Waals surface area (Å²) >= 11 is 0. The largest absolute Gasteiger partial charge is 0.428 e. The van der Waals surface area contributed by atoms with E-state index in [-0.39, 0.29) is 12.1 Å². The number of hydrogen-bond acceptors (Lipinski definition) is 6. The van der Waals surface area contributed by atoms with Crippen molar-refractivity contribution in [3.8, 4) is 0 Å². The summed E-state index contributed by atoms with van der Waals surface area (Å²) in [5.41, 5.74) is -0.958. The zero-order chi connectivity index (χ0) is 15.8. The van der Waals surface area contributed by atoms with Crippen molar-refractivity contribution in [2.24, 2.45) is 22.9 Å². The monoisotopic (exact) mass is 318 g/mol. The molecular weight excluding hydrogens is 300 g/mol. The Morgan fingerprint density at radius 3 is 2.35 bits per heavy atom. The van der Waals surface area contributed by atoms with Crippen molar-refractivity contribution in [2.75, 3.05) is 5.01 Å². The first kappa shape index (κ1) is 13.3. The topological polar surface area (TPSA) is 98.6 Å². The Labute approximate surface area is 131 Å². The van der Waals surface area contributed by atoms with Crippen LogP contribution in [0.25, 0.3) is 0 Å². The highest BCUT2D eigenvalue weighted by molar-refractivity contribution is 5.63. The predicted octanol–water partition coefficient (Wildman–Crippen LogP) is 0.859. The summed E-state index contributed by atoms with van der Waals surface area (Å²) in [5.74, 6) is 2.49. The van der Waals surface area contributed by atoms with Crippen molar-refractivity contribution in [2.45, 2.75) is 50.6 Å². The minimum Gasteiger partial charge on any atom is -0.339 e. The molecule has 9 nitrogen and oxygen atoms in total. The highest BCUT2D eigenvalue weighted by Crippen LogP contribution is 2.58. The fourth-order valence-corrected chi connectivity index (χ4v) is 5.76. The maximum Gasteiger partial charge on any atom is 0.428 e. The van der Waals surface area contributed by atoms with E-state index < -0.39 is 10.7 Å². The van der Waals surface area contributed by atoms with Gasteiger partial charge in [0.05, 0.1) is 21.6 Å². The third-order valence-corrected chi connectivity index (χ3v) is 6.08. The lowest BCUT2D eigenvalue weighted by Gasteiger charge is -2.58. The quantitative estimate of drug-likeness (QED) is 0.595. The first-order chi connectivity index (χ1) is 11.1. The van der Waals surface area contributed by atoms with Crippen LogP contribution in [0.1, 0.15) is 38.5 Å². The molecule has 6 rings (SSSR count). The van der Waals surface area contributed by atoms with Gasteiger partial charge < -0.3 is 10.1 Å². The number of aromatic nitrogens is 3. The summed E-state index contributed by atoms with van der Waals surface area (Å²) in [5, 5.41) is 16.8. The molecule has 4 saturated carbocycles. The fourth-order valence-electron chi connectivity index (χ4n) is 5.76. The predicted molar refractivity (Wildman–Crippen MR) is 80.8 cm³/mol. The number of nitro groups is 1. The van der Waals surface area contributed by atoms with E-state index >= 15 is 0 Å². The molecule has 2 heterocycles. The van der Waals surface area contributed by atoms with Crippen LogP contribution in [0.3, 0.4) is 0 Å². The third-order valence-electron chi connectivity index (χ3n) is 6.08. The van der Waals surface area contributed by atoms with Gasteiger partial charge in [-0.05, 0) is 56.3 Å². The van der Waals surface area contributed by atoms with Gasteiger partial charge >= 0.3 is 11.6 Å². The van der Waals surface area contributed by atoms with Crippen molar-refractivity contribution in [3.05, 3.63) is 20.6 Å². The molecule has 9 heteroatoms. The van der Waals surface area contributed by atoms with Crippen LogP contribution in [0.4, 0.5) is 5.95 Å². The summed E-state index contributed by atoms with van der Waals surface area (Å²) in [6.45, 7) is 0.203. The smallest absolute Gasteiger partial charge is 0.339 e. The molecule has 23 heavy (non-hydrogen) atoms. The van der Waals surface area contributed by atoms with Crippen molar-refractivity contribution < 1.29 is 5.03 Å². The summed E-state index contributed by atoms with van der Waals surface area (Å²) in [4.78, 5) is 27.5. The summed E-state index contributed by atoms with van der Waals surface area (Å²) < 4.78 is 1.33. The lowest BCUT2D eigenvalue weighted by molar-refractivity contribution is -0.561.